The van der Waals surface area contributed by atoms with Crippen LogP contribution < -0.4 is 24.8 Å². The Balaban J connectivity index is 1.64. The lowest BCUT2D eigenvalue weighted by Gasteiger charge is -2.22. The summed E-state index contributed by atoms with van der Waals surface area (Å²) in [4.78, 5) is 16.4. The van der Waals surface area contributed by atoms with Crippen LogP contribution in [0.15, 0.2) is 16.7 Å². The maximum Gasteiger partial charge on any atom is 0.315 e. The summed E-state index contributed by atoms with van der Waals surface area (Å²) >= 11 is 0. The molecule has 0 atom stereocenters. The Morgan fingerprint density at radius 1 is 1.11 bits per heavy atom. The zero-order valence-electron chi connectivity index (χ0n) is 16.4. The molecule has 2 amide bonds. The number of aromatic nitrogens is 2. The predicted molar refractivity (Wildman–Crippen MR) is 102 cm³/mol. The fraction of sp³-hybridized carbons (Fsp3) is 0.526. The highest BCUT2D eigenvalue weighted by Gasteiger charge is 2.18. The quantitative estimate of drug-likeness (QED) is 0.748. The van der Waals surface area contributed by atoms with E-state index in [1.54, 1.807) is 12.1 Å². The average Bonchev–Trinajstić information content (AvgIpc) is 3.21. The van der Waals surface area contributed by atoms with Crippen LogP contribution in [-0.2, 0) is 6.54 Å². The monoisotopic (exact) mass is 390 g/mol. The van der Waals surface area contributed by atoms with Gasteiger partial charge in [-0.3, -0.25) is 0 Å². The molecule has 3 rings (SSSR count). The van der Waals surface area contributed by atoms with Crippen LogP contribution in [0.3, 0.4) is 0 Å². The van der Waals surface area contributed by atoms with Crippen LogP contribution in [0, 0.1) is 0 Å². The fourth-order valence-corrected chi connectivity index (χ4v) is 3.29. The topological polar surface area (TPSA) is 108 Å². The van der Waals surface area contributed by atoms with Gasteiger partial charge < -0.3 is 29.4 Å². The molecule has 1 aliphatic rings. The number of benzene rings is 1. The van der Waals surface area contributed by atoms with E-state index >= 15 is 0 Å². The number of rotatable bonds is 7. The van der Waals surface area contributed by atoms with Crippen LogP contribution in [0.25, 0.3) is 11.4 Å². The van der Waals surface area contributed by atoms with Gasteiger partial charge >= 0.3 is 6.03 Å². The molecule has 9 nitrogen and oxygen atoms in total. The molecular weight excluding hydrogens is 364 g/mol. The van der Waals surface area contributed by atoms with Gasteiger partial charge in [-0.15, -0.1) is 0 Å². The summed E-state index contributed by atoms with van der Waals surface area (Å²) in [6.45, 7) is 0.149. The molecule has 0 aliphatic heterocycles. The first kappa shape index (κ1) is 19.8. The summed E-state index contributed by atoms with van der Waals surface area (Å²) in [5.41, 5.74) is 0.649. The minimum Gasteiger partial charge on any atom is -0.493 e. The van der Waals surface area contributed by atoms with Gasteiger partial charge in [-0.05, 0) is 25.0 Å². The second-order valence-corrected chi connectivity index (χ2v) is 6.59. The molecule has 2 N–H and O–H groups in total. The standard InChI is InChI=1S/C19H26N4O5/c1-25-14-9-12(10-15(26-2)17(14)27-3)18-22-16(28-23-18)11-20-19(24)21-13-7-5-4-6-8-13/h9-10,13H,4-8,11H2,1-3H3,(H2,20,21,24). The van der Waals surface area contributed by atoms with Crippen molar-refractivity contribution in [3.8, 4) is 28.6 Å². The first-order chi connectivity index (χ1) is 13.6. The molecule has 0 saturated heterocycles. The molecule has 0 radical (unpaired) electrons. The van der Waals surface area contributed by atoms with Gasteiger partial charge in [0.05, 0.1) is 27.9 Å². The van der Waals surface area contributed by atoms with Gasteiger partial charge in [-0.25, -0.2) is 4.79 Å². The average molecular weight is 390 g/mol. The van der Waals surface area contributed by atoms with Crippen LogP contribution in [0.5, 0.6) is 17.2 Å². The molecule has 152 valence electrons. The molecule has 0 unspecified atom stereocenters. The number of amides is 2. The molecule has 1 fully saturated rings. The van der Waals surface area contributed by atoms with Crippen LogP contribution in [0.2, 0.25) is 0 Å². The summed E-state index contributed by atoms with van der Waals surface area (Å²) in [5, 5.41) is 9.72. The second kappa shape index (κ2) is 9.29. The van der Waals surface area contributed by atoms with Crippen molar-refractivity contribution in [2.24, 2.45) is 0 Å². The van der Waals surface area contributed by atoms with Crippen LogP contribution >= 0.6 is 0 Å². The number of carbonyl (C=O) groups excluding carboxylic acids is 1. The zero-order chi connectivity index (χ0) is 19.9. The van der Waals surface area contributed by atoms with E-state index < -0.39 is 0 Å². The summed E-state index contributed by atoms with van der Waals surface area (Å²) in [5.74, 6) is 2.14. The molecule has 1 aromatic carbocycles. The highest BCUT2D eigenvalue weighted by molar-refractivity contribution is 5.74. The summed E-state index contributed by atoms with van der Waals surface area (Å²) in [6, 6.07) is 3.49. The number of urea groups is 1. The van der Waals surface area contributed by atoms with Crippen molar-refractivity contribution in [2.75, 3.05) is 21.3 Å². The van der Waals surface area contributed by atoms with Crippen molar-refractivity contribution in [1.82, 2.24) is 20.8 Å². The van der Waals surface area contributed by atoms with E-state index in [1.165, 1.54) is 27.8 Å². The van der Waals surface area contributed by atoms with Crippen molar-refractivity contribution in [3.63, 3.8) is 0 Å². The Morgan fingerprint density at radius 3 is 2.39 bits per heavy atom. The first-order valence-electron chi connectivity index (χ1n) is 9.32. The van der Waals surface area contributed by atoms with E-state index in [0.29, 0.717) is 34.5 Å². The minimum atomic E-state index is -0.223. The normalized spacial score (nSPS) is 14.4. The summed E-state index contributed by atoms with van der Waals surface area (Å²) in [6.07, 6.45) is 5.61. The lowest BCUT2D eigenvalue weighted by Crippen LogP contribution is -2.42. The largest absolute Gasteiger partial charge is 0.493 e. The van der Waals surface area contributed by atoms with Crippen molar-refractivity contribution in [3.05, 3.63) is 18.0 Å². The van der Waals surface area contributed by atoms with E-state index in [4.69, 9.17) is 18.7 Å². The zero-order valence-corrected chi connectivity index (χ0v) is 16.4. The number of methoxy groups -OCH3 is 3. The van der Waals surface area contributed by atoms with Gasteiger partial charge in [-0.1, -0.05) is 24.4 Å². The van der Waals surface area contributed by atoms with Crippen molar-refractivity contribution >= 4 is 6.03 Å². The van der Waals surface area contributed by atoms with Gasteiger partial charge in [0.1, 0.15) is 0 Å². The lowest BCUT2D eigenvalue weighted by atomic mass is 9.96. The van der Waals surface area contributed by atoms with E-state index in [2.05, 4.69) is 20.8 Å². The highest BCUT2D eigenvalue weighted by Crippen LogP contribution is 2.40. The molecule has 0 bridgehead atoms. The minimum absolute atomic E-state index is 0.149. The second-order valence-electron chi connectivity index (χ2n) is 6.59. The molecule has 1 saturated carbocycles. The molecule has 1 aromatic heterocycles. The van der Waals surface area contributed by atoms with Crippen molar-refractivity contribution in [2.45, 2.75) is 44.7 Å². The van der Waals surface area contributed by atoms with Gasteiger partial charge in [0.15, 0.2) is 11.5 Å². The van der Waals surface area contributed by atoms with Gasteiger partial charge in [-0.2, -0.15) is 4.98 Å². The molecule has 1 aliphatic carbocycles. The smallest absolute Gasteiger partial charge is 0.315 e. The molecule has 0 spiro atoms. The van der Waals surface area contributed by atoms with Gasteiger partial charge in [0.25, 0.3) is 0 Å². The third-order valence-electron chi connectivity index (χ3n) is 4.73. The first-order valence-corrected chi connectivity index (χ1v) is 9.32. The Hall–Kier alpha value is -2.97. The van der Waals surface area contributed by atoms with Crippen molar-refractivity contribution in [1.29, 1.82) is 0 Å². The number of hydrogen-bond acceptors (Lipinski definition) is 7. The Labute approximate surface area is 163 Å². The number of ether oxygens (including phenoxy) is 3. The number of nitrogens with one attached hydrogen (secondary N) is 2. The number of carbonyl (C=O) groups is 1. The lowest BCUT2D eigenvalue weighted by molar-refractivity contribution is 0.230. The van der Waals surface area contributed by atoms with E-state index in [9.17, 15) is 4.79 Å². The maximum atomic E-state index is 12.0. The molecule has 28 heavy (non-hydrogen) atoms. The maximum absolute atomic E-state index is 12.0. The fourth-order valence-electron chi connectivity index (χ4n) is 3.29. The summed E-state index contributed by atoms with van der Waals surface area (Å²) in [7, 11) is 4.62. The van der Waals surface area contributed by atoms with Gasteiger partial charge in [0, 0.05) is 11.6 Å². The van der Waals surface area contributed by atoms with Gasteiger partial charge in [0.2, 0.25) is 17.5 Å². The van der Waals surface area contributed by atoms with Crippen LogP contribution in [-0.4, -0.2) is 43.5 Å². The van der Waals surface area contributed by atoms with Crippen LogP contribution in [0.1, 0.15) is 38.0 Å². The SMILES string of the molecule is COc1cc(-c2noc(CNC(=O)NC3CCCCC3)n2)cc(OC)c1OC. The van der Waals surface area contributed by atoms with E-state index in [-0.39, 0.29) is 18.6 Å². The molecular formula is C19H26N4O5. The molecule has 1 heterocycles. The number of nitrogens with zero attached hydrogens (tertiary/aromatic N) is 2. The third kappa shape index (κ3) is 4.65. The van der Waals surface area contributed by atoms with Crippen LogP contribution in [0.4, 0.5) is 4.79 Å². The van der Waals surface area contributed by atoms with E-state index in [0.717, 1.165) is 25.7 Å². The van der Waals surface area contributed by atoms with E-state index in [1.807, 2.05) is 0 Å². The highest BCUT2D eigenvalue weighted by atomic mass is 16.5. The predicted octanol–water partition coefficient (Wildman–Crippen LogP) is 2.89. The van der Waals surface area contributed by atoms with Crippen molar-refractivity contribution < 1.29 is 23.5 Å². The Kier molecular flexibility index (Phi) is 6.57. The Bertz CT molecular complexity index is 776. The Morgan fingerprint density at radius 2 is 1.79 bits per heavy atom. The summed E-state index contributed by atoms with van der Waals surface area (Å²) < 4.78 is 21.2. The molecule has 9 heteroatoms. The number of hydrogen-bond donors (Lipinski definition) is 2. The third-order valence-corrected chi connectivity index (χ3v) is 4.73. The molecule has 2 aromatic rings.